The van der Waals surface area contributed by atoms with Gasteiger partial charge in [0, 0.05) is 18.8 Å². The van der Waals surface area contributed by atoms with Gasteiger partial charge >= 0.3 is 5.69 Å². The third kappa shape index (κ3) is 3.81. The first kappa shape index (κ1) is 17.8. The summed E-state index contributed by atoms with van der Waals surface area (Å²) in [6.07, 6.45) is 1.05. The van der Waals surface area contributed by atoms with E-state index in [1.165, 1.54) is 12.1 Å². The molecule has 0 saturated carbocycles. The van der Waals surface area contributed by atoms with Gasteiger partial charge in [-0.2, -0.15) is 9.97 Å². The highest BCUT2D eigenvalue weighted by atomic mass is 19.1. The fourth-order valence-electron chi connectivity index (χ4n) is 3.44. The Morgan fingerprint density at radius 2 is 2.00 bits per heavy atom. The number of hydrogen-bond donors (Lipinski definition) is 2. The molecule has 1 saturated heterocycles. The second kappa shape index (κ2) is 7.11. The number of hydrogen-bond acceptors (Lipinski definition) is 7. The molecule has 26 heavy (non-hydrogen) atoms. The van der Waals surface area contributed by atoms with E-state index in [1.54, 1.807) is 12.1 Å². The van der Waals surface area contributed by atoms with Crippen molar-refractivity contribution in [2.45, 2.75) is 20.3 Å². The number of nitrogens with one attached hydrogen (secondary N) is 1. The van der Waals surface area contributed by atoms with Gasteiger partial charge in [-0.1, -0.05) is 19.9 Å². The molecule has 0 amide bonds. The van der Waals surface area contributed by atoms with E-state index in [-0.39, 0.29) is 23.3 Å². The van der Waals surface area contributed by atoms with Crippen LogP contribution in [0.5, 0.6) is 0 Å². The maximum atomic E-state index is 13.4. The summed E-state index contributed by atoms with van der Waals surface area (Å²) in [5, 5.41) is 14.4. The fourth-order valence-corrected chi connectivity index (χ4v) is 3.44. The Hall–Kier alpha value is -2.97. The van der Waals surface area contributed by atoms with E-state index in [4.69, 9.17) is 5.73 Å². The molecule has 0 aliphatic carbocycles. The number of nitro groups is 1. The van der Waals surface area contributed by atoms with Crippen LogP contribution in [0.2, 0.25) is 0 Å². The molecule has 2 aromatic rings. The lowest BCUT2D eigenvalue weighted by atomic mass is 9.92. The molecule has 3 rings (SSSR count). The summed E-state index contributed by atoms with van der Waals surface area (Å²) in [6.45, 7) is 5.51. The van der Waals surface area contributed by atoms with E-state index in [2.05, 4.69) is 29.1 Å². The van der Waals surface area contributed by atoms with E-state index in [0.29, 0.717) is 30.6 Å². The molecule has 0 radical (unpaired) electrons. The maximum absolute atomic E-state index is 13.4. The van der Waals surface area contributed by atoms with Gasteiger partial charge in [-0.15, -0.1) is 0 Å². The van der Waals surface area contributed by atoms with Crippen LogP contribution in [0.4, 0.5) is 33.3 Å². The lowest BCUT2D eigenvalue weighted by Crippen LogP contribution is -2.39. The Bertz CT molecular complexity index is 821. The third-order valence-electron chi connectivity index (χ3n) is 4.32. The number of rotatable bonds is 4. The predicted octanol–water partition coefficient (Wildman–Crippen LogP) is 3.33. The van der Waals surface area contributed by atoms with Crippen molar-refractivity contribution in [3.63, 3.8) is 0 Å². The molecular formula is C17H21FN6O2. The van der Waals surface area contributed by atoms with Crippen molar-refractivity contribution in [3.8, 4) is 0 Å². The first-order valence-corrected chi connectivity index (χ1v) is 8.43. The van der Waals surface area contributed by atoms with Gasteiger partial charge in [0.1, 0.15) is 5.82 Å². The van der Waals surface area contributed by atoms with Crippen molar-refractivity contribution >= 4 is 29.0 Å². The molecule has 1 aromatic carbocycles. The van der Waals surface area contributed by atoms with Crippen molar-refractivity contribution in [2.24, 2.45) is 11.8 Å². The number of nitrogens with two attached hydrogens (primary N) is 1. The van der Waals surface area contributed by atoms with Crippen molar-refractivity contribution in [1.29, 1.82) is 0 Å². The topological polar surface area (TPSA) is 110 Å². The summed E-state index contributed by atoms with van der Waals surface area (Å²) >= 11 is 0. The van der Waals surface area contributed by atoms with Gasteiger partial charge < -0.3 is 16.0 Å². The summed E-state index contributed by atoms with van der Waals surface area (Å²) < 4.78 is 13.4. The van der Waals surface area contributed by atoms with Crippen molar-refractivity contribution in [3.05, 3.63) is 40.2 Å². The number of nitrogens with zero attached hydrogens (tertiary/aromatic N) is 4. The van der Waals surface area contributed by atoms with Crippen LogP contribution in [-0.2, 0) is 0 Å². The number of nitrogen functional groups attached to an aromatic ring is 1. The zero-order valence-corrected chi connectivity index (χ0v) is 14.6. The molecule has 9 heteroatoms. The van der Waals surface area contributed by atoms with Crippen LogP contribution in [0.25, 0.3) is 0 Å². The Morgan fingerprint density at radius 1 is 1.31 bits per heavy atom. The maximum Gasteiger partial charge on any atom is 0.353 e. The zero-order valence-electron chi connectivity index (χ0n) is 14.6. The van der Waals surface area contributed by atoms with Gasteiger partial charge in [-0.3, -0.25) is 10.1 Å². The first-order chi connectivity index (χ1) is 12.3. The number of aromatic nitrogens is 2. The van der Waals surface area contributed by atoms with Crippen LogP contribution in [0.15, 0.2) is 24.3 Å². The number of piperidine rings is 1. The molecule has 138 valence electrons. The highest BCUT2D eigenvalue weighted by Crippen LogP contribution is 2.35. The van der Waals surface area contributed by atoms with Crippen LogP contribution in [0.3, 0.4) is 0 Å². The van der Waals surface area contributed by atoms with Crippen LogP contribution in [0, 0.1) is 27.8 Å². The van der Waals surface area contributed by atoms with Gasteiger partial charge in [0.25, 0.3) is 0 Å². The van der Waals surface area contributed by atoms with Crippen LogP contribution >= 0.6 is 0 Å². The number of anilines is 4. The largest absolute Gasteiger partial charge is 0.378 e. The Morgan fingerprint density at radius 3 is 2.62 bits per heavy atom. The quantitative estimate of drug-likeness (QED) is 0.635. The summed E-state index contributed by atoms with van der Waals surface area (Å²) in [5.41, 5.74) is 5.99. The predicted molar refractivity (Wildman–Crippen MR) is 97.9 cm³/mol. The minimum absolute atomic E-state index is 0.0968. The molecule has 1 aliphatic heterocycles. The van der Waals surface area contributed by atoms with Gasteiger partial charge in [0.2, 0.25) is 17.6 Å². The lowest BCUT2D eigenvalue weighted by molar-refractivity contribution is -0.383. The van der Waals surface area contributed by atoms with Crippen molar-refractivity contribution < 1.29 is 9.31 Å². The highest BCUT2D eigenvalue weighted by Gasteiger charge is 2.31. The molecule has 8 nitrogen and oxygen atoms in total. The number of benzene rings is 1. The minimum Gasteiger partial charge on any atom is -0.378 e. The van der Waals surface area contributed by atoms with Crippen LogP contribution < -0.4 is 16.0 Å². The molecule has 0 spiro atoms. The molecule has 3 N–H and O–H groups in total. The summed E-state index contributed by atoms with van der Waals surface area (Å²) in [7, 11) is 0. The summed E-state index contributed by atoms with van der Waals surface area (Å²) in [6, 6.07) is 5.79. The SMILES string of the molecule is C[C@@H]1C[C@H](C)CN(c2nc(Nc3cccc(F)c3)nc(N)c2[N+](=O)[O-])C1. The monoisotopic (exact) mass is 360 g/mol. The van der Waals surface area contributed by atoms with E-state index in [9.17, 15) is 14.5 Å². The average Bonchev–Trinajstić information content (AvgIpc) is 2.53. The number of halogens is 1. The standard InChI is InChI=1S/C17H21FN6O2/c1-10-6-11(2)9-23(8-10)16-14(24(25)26)15(19)21-17(22-16)20-13-5-3-4-12(18)7-13/h3-5,7,10-11H,6,8-9H2,1-2H3,(H3,19,20,21,22)/t10-,11+. The Labute approximate surface area is 150 Å². The molecule has 2 heterocycles. The van der Waals surface area contributed by atoms with Gasteiger partial charge in [-0.05, 0) is 36.5 Å². The van der Waals surface area contributed by atoms with Gasteiger partial charge in [0.05, 0.1) is 4.92 Å². The molecule has 0 unspecified atom stereocenters. The van der Waals surface area contributed by atoms with Crippen LogP contribution in [0.1, 0.15) is 20.3 Å². The third-order valence-corrected chi connectivity index (χ3v) is 4.32. The van der Waals surface area contributed by atoms with E-state index in [0.717, 1.165) is 6.42 Å². The normalized spacial score (nSPS) is 20.0. The van der Waals surface area contributed by atoms with E-state index < -0.39 is 10.7 Å². The fraction of sp³-hybridized carbons (Fsp3) is 0.412. The van der Waals surface area contributed by atoms with Gasteiger partial charge in [0.15, 0.2) is 0 Å². The molecule has 0 bridgehead atoms. The molecule has 1 fully saturated rings. The first-order valence-electron chi connectivity index (χ1n) is 8.43. The smallest absolute Gasteiger partial charge is 0.353 e. The minimum atomic E-state index is -0.555. The molecular weight excluding hydrogens is 339 g/mol. The zero-order chi connectivity index (χ0) is 18.8. The molecule has 2 atom stereocenters. The highest BCUT2D eigenvalue weighted by molar-refractivity contribution is 5.72. The van der Waals surface area contributed by atoms with Gasteiger partial charge in [-0.25, -0.2) is 4.39 Å². The summed E-state index contributed by atoms with van der Waals surface area (Å²) in [5.74, 6) is 0.427. The summed E-state index contributed by atoms with van der Waals surface area (Å²) in [4.78, 5) is 21.1. The van der Waals surface area contributed by atoms with Crippen LogP contribution in [-0.4, -0.2) is 28.0 Å². The molecule has 1 aromatic heterocycles. The Balaban J connectivity index is 2.00. The van der Waals surface area contributed by atoms with E-state index >= 15 is 0 Å². The van der Waals surface area contributed by atoms with Crippen molar-refractivity contribution in [2.75, 3.05) is 29.0 Å². The lowest BCUT2D eigenvalue weighted by Gasteiger charge is -2.35. The molecule has 1 aliphatic rings. The Kier molecular flexibility index (Phi) is 4.88. The van der Waals surface area contributed by atoms with Crippen molar-refractivity contribution in [1.82, 2.24) is 9.97 Å². The second-order valence-corrected chi connectivity index (χ2v) is 6.85. The van der Waals surface area contributed by atoms with E-state index in [1.807, 2.05) is 4.90 Å². The second-order valence-electron chi connectivity index (χ2n) is 6.85. The average molecular weight is 360 g/mol.